The lowest BCUT2D eigenvalue weighted by atomic mass is 9.94. The zero-order valence-corrected chi connectivity index (χ0v) is 29.7. The van der Waals surface area contributed by atoms with Crippen molar-refractivity contribution in [2.45, 2.75) is 105 Å². The number of hydrogen-bond donors (Lipinski definition) is 3. The van der Waals surface area contributed by atoms with E-state index in [1.165, 1.54) is 0 Å². The molecule has 0 saturated carbocycles. The minimum Gasteiger partial charge on any atom is -0.396 e. The van der Waals surface area contributed by atoms with E-state index < -0.39 is 10.8 Å². The van der Waals surface area contributed by atoms with Crippen LogP contribution >= 0.6 is 0 Å². The molecule has 0 spiro atoms. The highest BCUT2D eigenvalue weighted by Crippen LogP contribution is 2.25. The maximum Gasteiger partial charge on any atom is 0.226 e. The SMILES string of the molecule is C=CN1CCCC1=O.CC(CO)(CO)CO.CC(OCC(C)(COC(C)N1CCCC1=O)COC(C)N1CCCC1=O)N1CCCC1=O. The van der Waals surface area contributed by atoms with Gasteiger partial charge in [0.2, 0.25) is 23.6 Å². The fraction of sp³-hybridized carbons (Fsp3) is 0.824. The highest BCUT2D eigenvalue weighted by Gasteiger charge is 2.35. The van der Waals surface area contributed by atoms with Gasteiger partial charge in [-0.15, -0.1) is 0 Å². The quantitative estimate of drug-likeness (QED) is 0.217. The smallest absolute Gasteiger partial charge is 0.226 e. The number of aliphatic hydroxyl groups is 3. The van der Waals surface area contributed by atoms with Crippen LogP contribution in [0.2, 0.25) is 0 Å². The van der Waals surface area contributed by atoms with Gasteiger partial charge >= 0.3 is 0 Å². The number of nitrogens with zero attached hydrogens (tertiary/aromatic N) is 4. The van der Waals surface area contributed by atoms with Gasteiger partial charge in [0.1, 0.15) is 18.7 Å². The molecule has 14 nitrogen and oxygen atoms in total. The summed E-state index contributed by atoms with van der Waals surface area (Å²) in [5.41, 5.74) is -1.22. The van der Waals surface area contributed by atoms with Gasteiger partial charge in [0.25, 0.3) is 0 Å². The van der Waals surface area contributed by atoms with Gasteiger partial charge in [0.15, 0.2) is 0 Å². The van der Waals surface area contributed by atoms with Crippen LogP contribution in [0.3, 0.4) is 0 Å². The van der Waals surface area contributed by atoms with Gasteiger partial charge < -0.3 is 49.1 Å². The molecule has 3 N–H and O–H groups in total. The van der Waals surface area contributed by atoms with Crippen molar-refractivity contribution < 1.29 is 48.7 Å². The van der Waals surface area contributed by atoms with Gasteiger partial charge in [0.05, 0.1) is 39.6 Å². The second kappa shape index (κ2) is 20.1. The summed E-state index contributed by atoms with van der Waals surface area (Å²) in [6.45, 7) is 16.3. The Bertz CT molecular complexity index is 958. The van der Waals surface area contributed by atoms with Crippen LogP contribution in [0.4, 0.5) is 0 Å². The summed E-state index contributed by atoms with van der Waals surface area (Å²) in [6, 6.07) is 0. The fourth-order valence-electron chi connectivity index (χ4n) is 5.53. The number of carbonyl (C=O) groups is 4. The average Bonchev–Trinajstić information content (AvgIpc) is 3.91. The monoisotopic (exact) mass is 684 g/mol. The lowest BCUT2D eigenvalue weighted by Crippen LogP contribution is -2.45. The Kier molecular flexibility index (Phi) is 17.4. The van der Waals surface area contributed by atoms with Crippen LogP contribution < -0.4 is 0 Å². The van der Waals surface area contributed by atoms with Crippen molar-refractivity contribution in [1.29, 1.82) is 0 Å². The number of rotatable bonds is 16. The minimum absolute atomic E-state index is 0.119. The summed E-state index contributed by atoms with van der Waals surface area (Å²) < 4.78 is 18.3. The van der Waals surface area contributed by atoms with Crippen molar-refractivity contribution >= 4 is 23.6 Å². The predicted molar refractivity (Wildman–Crippen MR) is 178 cm³/mol. The molecule has 4 aliphatic heterocycles. The summed E-state index contributed by atoms with van der Waals surface area (Å²) >= 11 is 0. The average molecular weight is 685 g/mol. The van der Waals surface area contributed by atoms with Gasteiger partial charge in [0, 0.05) is 62.7 Å². The number of likely N-dealkylation sites (tertiary alicyclic amines) is 4. The lowest BCUT2D eigenvalue weighted by Gasteiger charge is -2.36. The number of ether oxygens (including phenoxy) is 3. The topological polar surface area (TPSA) is 170 Å². The molecule has 0 radical (unpaired) electrons. The van der Waals surface area contributed by atoms with Crippen molar-refractivity contribution in [3.05, 3.63) is 12.8 Å². The Morgan fingerprint density at radius 1 is 0.604 bits per heavy atom. The molecule has 0 aromatic carbocycles. The standard InChI is InChI=1S/C23H39N3O6.C6H9NO.C5H12O3/c1-17(24-11-5-8-20(24)27)30-14-23(4,15-31-18(2)25-12-6-9-21(25)28)16-32-19(3)26-13-7-10-22(26)29;1-2-7-5-3-4-6(7)8;1-5(2-6,3-7)4-8/h17-19H,5-16H2,1-4H3;2H,1,3-5H2;6-8H,2-4H2,1H3. The summed E-state index contributed by atoms with van der Waals surface area (Å²) in [5, 5.41) is 25.4. The third kappa shape index (κ3) is 12.7. The molecule has 4 aliphatic rings. The third-order valence-electron chi connectivity index (χ3n) is 9.14. The summed E-state index contributed by atoms with van der Waals surface area (Å²) in [7, 11) is 0. The molecule has 14 heteroatoms. The van der Waals surface area contributed by atoms with E-state index in [0.29, 0.717) is 65.1 Å². The molecular weight excluding hydrogens is 624 g/mol. The Morgan fingerprint density at radius 3 is 1.10 bits per heavy atom. The first-order chi connectivity index (χ1) is 22.7. The molecule has 276 valence electrons. The van der Waals surface area contributed by atoms with E-state index in [0.717, 1.165) is 32.2 Å². The van der Waals surface area contributed by atoms with E-state index in [9.17, 15) is 19.2 Å². The highest BCUT2D eigenvalue weighted by atomic mass is 16.5. The predicted octanol–water partition coefficient (Wildman–Crippen LogP) is 1.67. The van der Waals surface area contributed by atoms with Crippen LogP contribution in [0.5, 0.6) is 0 Å². The normalized spacial score (nSPS) is 21.5. The van der Waals surface area contributed by atoms with E-state index in [1.807, 2.05) is 27.7 Å². The summed E-state index contributed by atoms with van der Waals surface area (Å²) in [5.74, 6) is 0.567. The number of hydrogen-bond acceptors (Lipinski definition) is 10. The van der Waals surface area contributed by atoms with Crippen molar-refractivity contribution in [1.82, 2.24) is 19.6 Å². The Morgan fingerprint density at radius 2 is 0.917 bits per heavy atom. The molecule has 48 heavy (non-hydrogen) atoms. The van der Waals surface area contributed by atoms with Crippen molar-refractivity contribution in [3.8, 4) is 0 Å². The maximum atomic E-state index is 12.0. The molecule has 4 heterocycles. The van der Waals surface area contributed by atoms with Crippen LogP contribution in [0.1, 0.15) is 86.0 Å². The molecular formula is C34H60N4O10. The fourth-order valence-corrected chi connectivity index (χ4v) is 5.53. The molecule has 3 atom stereocenters. The van der Waals surface area contributed by atoms with E-state index in [4.69, 9.17) is 29.5 Å². The molecule has 0 bridgehead atoms. The number of aliphatic hydroxyl groups excluding tert-OH is 3. The van der Waals surface area contributed by atoms with Gasteiger partial charge in [-0.25, -0.2) is 0 Å². The van der Waals surface area contributed by atoms with Gasteiger partial charge in [-0.3, -0.25) is 19.2 Å². The van der Waals surface area contributed by atoms with Gasteiger partial charge in [-0.1, -0.05) is 20.4 Å². The van der Waals surface area contributed by atoms with Gasteiger partial charge in [-0.2, -0.15) is 0 Å². The van der Waals surface area contributed by atoms with E-state index in [-0.39, 0.29) is 62.1 Å². The highest BCUT2D eigenvalue weighted by molar-refractivity contribution is 5.79. The molecule has 0 aromatic rings. The minimum atomic E-state index is -0.708. The second-order valence-corrected chi connectivity index (χ2v) is 13.8. The largest absolute Gasteiger partial charge is 0.396 e. The van der Waals surface area contributed by atoms with Crippen LogP contribution in [0, 0.1) is 10.8 Å². The first kappa shape index (κ1) is 41.6. The molecule has 4 fully saturated rings. The summed E-state index contributed by atoms with van der Waals surface area (Å²) in [6.07, 6.45) is 6.61. The zero-order chi connectivity index (χ0) is 35.9. The van der Waals surface area contributed by atoms with Crippen LogP contribution in [-0.4, -0.2) is 143 Å². The Balaban J connectivity index is 0.000000408. The molecule has 4 rings (SSSR count). The summed E-state index contributed by atoms with van der Waals surface area (Å²) in [4.78, 5) is 53.7. The second-order valence-electron chi connectivity index (χ2n) is 13.8. The molecule has 3 unspecified atom stereocenters. The van der Waals surface area contributed by atoms with E-state index >= 15 is 0 Å². The molecule has 4 saturated heterocycles. The van der Waals surface area contributed by atoms with Crippen molar-refractivity contribution in [2.75, 3.05) is 65.8 Å². The molecule has 0 aromatic heterocycles. The Labute approximate surface area is 285 Å². The third-order valence-corrected chi connectivity index (χ3v) is 9.14. The number of amides is 4. The first-order valence-electron chi connectivity index (χ1n) is 17.2. The molecule has 4 amide bonds. The molecule has 0 aliphatic carbocycles. The van der Waals surface area contributed by atoms with Gasteiger partial charge in [-0.05, 0) is 52.7 Å². The van der Waals surface area contributed by atoms with Crippen LogP contribution in [0.15, 0.2) is 12.8 Å². The van der Waals surface area contributed by atoms with E-state index in [1.54, 1.807) is 32.7 Å². The lowest BCUT2D eigenvalue weighted by molar-refractivity contribution is -0.166. The van der Waals surface area contributed by atoms with E-state index in [2.05, 4.69) is 6.58 Å². The maximum absolute atomic E-state index is 12.0. The van der Waals surface area contributed by atoms with Crippen LogP contribution in [-0.2, 0) is 33.4 Å². The zero-order valence-electron chi connectivity index (χ0n) is 29.7. The number of carbonyl (C=O) groups excluding carboxylic acids is 4. The van der Waals surface area contributed by atoms with Crippen molar-refractivity contribution in [2.24, 2.45) is 10.8 Å². The van der Waals surface area contributed by atoms with Crippen LogP contribution in [0.25, 0.3) is 0 Å². The van der Waals surface area contributed by atoms with Crippen molar-refractivity contribution in [3.63, 3.8) is 0 Å². The Hall–Kier alpha value is -2.62. The first-order valence-corrected chi connectivity index (χ1v) is 17.2.